The lowest BCUT2D eigenvalue weighted by molar-refractivity contribution is -0.129. The molecule has 7 heteroatoms. The number of benzene rings is 1. The topological polar surface area (TPSA) is 67.9 Å². The van der Waals surface area contributed by atoms with E-state index >= 15 is 0 Å². The minimum atomic E-state index is -0.298. The van der Waals surface area contributed by atoms with Crippen molar-refractivity contribution in [3.05, 3.63) is 16.6 Å². The lowest BCUT2D eigenvalue weighted by Crippen LogP contribution is -2.35. The Labute approximate surface area is 155 Å². The smallest absolute Gasteiger partial charge is 0.229 e. The molecule has 4 rings (SSSR count). The molecule has 2 fully saturated rings. The third-order valence-electron chi connectivity index (χ3n) is 5.18. The monoisotopic (exact) mass is 408 g/mol. The highest BCUT2D eigenvalue weighted by Crippen LogP contribution is 2.38. The number of carbonyl (C=O) groups excluding carboxylic acids is 2. The second kappa shape index (κ2) is 6.86. The summed E-state index contributed by atoms with van der Waals surface area (Å²) in [4.78, 5) is 26.9. The van der Waals surface area contributed by atoms with Gasteiger partial charge < -0.3 is 19.7 Å². The highest BCUT2D eigenvalue weighted by Gasteiger charge is 2.38. The van der Waals surface area contributed by atoms with E-state index in [9.17, 15) is 9.59 Å². The summed E-state index contributed by atoms with van der Waals surface area (Å²) in [5.41, 5.74) is 0.640. The molecule has 0 spiro atoms. The van der Waals surface area contributed by atoms with Crippen molar-refractivity contribution in [2.75, 3.05) is 25.1 Å². The fourth-order valence-electron chi connectivity index (χ4n) is 3.87. The summed E-state index contributed by atoms with van der Waals surface area (Å²) in [6, 6.07) is 3.89. The Bertz CT molecular complexity index is 703. The maximum absolute atomic E-state index is 12.7. The number of fused-ring (bicyclic) bond motifs is 1. The molecule has 1 saturated heterocycles. The van der Waals surface area contributed by atoms with Crippen LogP contribution in [0.2, 0.25) is 0 Å². The number of ether oxygens (including phenoxy) is 2. The first-order valence-corrected chi connectivity index (χ1v) is 9.60. The number of nitrogens with one attached hydrogen (secondary N) is 1. The van der Waals surface area contributed by atoms with Crippen molar-refractivity contribution in [2.24, 2.45) is 5.92 Å². The summed E-state index contributed by atoms with van der Waals surface area (Å²) in [7, 11) is 0. The first-order valence-electron chi connectivity index (χ1n) is 8.81. The molecule has 0 bridgehead atoms. The van der Waals surface area contributed by atoms with Crippen molar-refractivity contribution in [1.29, 1.82) is 0 Å². The zero-order valence-electron chi connectivity index (χ0n) is 13.9. The first kappa shape index (κ1) is 16.7. The number of hydrogen-bond acceptors (Lipinski definition) is 4. The number of anilines is 1. The quantitative estimate of drug-likeness (QED) is 0.834. The first-order chi connectivity index (χ1) is 12.1. The Morgan fingerprint density at radius 1 is 1.16 bits per heavy atom. The van der Waals surface area contributed by atoms with E-state index < -0.39 is 0 Å². The zero-order valence-corrected chi connectivity index (χ0v) is 15.5. The van der Waals surface area contributed by atoms with Crippen LogP contribution in [-0.2, 0) is 9.59 Å². The highest BCUT2D eigenvalue weighted by molar-refractivity contribution is 9.10. The van der Waals surface area contributed by atoms with Gasteiger partial charge in [-0.2, -0.15) is 0 Å². The summed E-state index contributed by atoms with van der Waals surface area (Å²) in [5.74, 6) is 0.979. The van der Waals surface area contributed by atoms with E-state index in [0.29, 0.717) is 49.4 Å². The van der Waals surface area contributed by atoms with E-state index in [-0.39, 0.29) is 17.7 Å². The normalized spacial score (nSPS) is 23.2. The second-order valence-electron chi connectivity index (χ2n) is 6.85. The molecule has 25 heavy (non-hydrogen) atoms. The van der Waals surface area contributed by atoms with Crippen LogP contribution in [0.5, 0.6) is 11.5 Å². The van der Waals surface area contributed by atoms with Gasteiger partial charge in [0.05, 0.1) is 11.6 Å². The molecule has 0 radical (unpaired) electrons. The molecule has 6 nitrogen and oxygen atoms in total. The van der Waals surface area contributed by atoms with Gasteiger partial charge in [0.15, 0.2) is 11.5 Å². The zero-order chi connectivity index (χ0) is 17.4. The Morgan fingerprint density at radius 3 is 2.56 bits per heavy atom. The van der Waals surface area contributed by atoms with E-state index in [1.165, 1.54) is 12.8 Å². The summed E-state index contributed by atoms with van der Waals surface area (Å²) in [6.07, 6.45) is 4.77. The number of carbonyl (C=O) groups is 2. The molecule has 1 aromatic carbocycles. The van der Waals surface area contributed by atoms with Gasteiger partial charge >= 0.3 is 0 Å². The van der Waals surface area contributed by atoms with Crippen molar-refractivity contribution in [3.63, 3.8) is 0 Å². The number of likely N-dealkylation sites (tertiary alicyclic amines) is 1. The van der Waals surface area contributed by atoms with Crippen LogP contribution in [0.15, 0.2) is 16.6 Å². The van der Waals surface area contributed by atoms with Gasteiger partial charge in [-0.25, -0.2) is 0 Å². The molecule has 1 saturated carbocycles. The molecule has 134 valence electrons. The van der Waals surface area contributed by atoms with Crippen molar-refractivity contribution < 1.29 is 19.1 Å². The van der Waals surface area contributed by atoms with E-state index in [2.05, 4.69) is 21.2 Å². The number of amides is 2. The Hall–Kier alpha value is -1.76. The van der Waals surface area contributed by atoms with Crippen molar-refractivity contribution >= 4 is 33.4 Å². The molecule has 2 heterocycles. The summed E-state index contributed by atoms with van der Waals surface area (Å²) < 4.78 is 11.8. The number of nitrogens with zero attached hydrogens (tertiary/aromatic N) is 1. The summed E-state index contributed by atoms with van der Waals surface area (Å²) >= 11 is 3.46. The maximum Gasteiger partial charge on any atom is 0.229 e. The standard InChI is InChI=1S/C18H21BrN2O4/c19-13-8-15-16(25-6-5-24-15)9-14(13)20-18(23)11-7-17(22)21(10-11)12-3-1-2-4-12/h8-9,11-12H,1-7,10H2,(H,20,23). The second-order valence-corrected chi connectivity index (χ2v) is 7.70. The Kier molecular flexibility index (Phi) is 4.58. The van der Waals surface area contributed by atoms with Gasteiger partial charge in [0.1, 0.15) is 13.2 Å². The highest BCUT2D eigenvalue weighted by atomic mass is 79.9. The molecular formula is C18H21BrN2O4. The molecule has 2 aliphatic heterocycles. The Morgan fingerprint density at radius 2 is 1.84 bits per heavy atom. The Balaban J connectivity index is 1.44. The van der Waals surface area contributed by atoms with E-state index in [1.54, 1.807) is 12.1 Å². The van der Waals surface area contributed by atoms with Crippen LogP contribution in [0.3, 0.4) is 0 Å². The molecule has 1 aromatic rings. The predicted octanol–water partition coefficient (Wildman–Crippen LogP) is 2.95. The maximum atomic E-state index is 12.7. The van der Waals surface area contributed by atoms with Crippen LogP contribution < -0.4 is 14.8 Å². The van der Waals surface area contributed by atoms with Gasteiger partial charge in [-0.15, -0.1) is 0 Å². The van der Waals surface area contributed by atoms with Gasteiger partial charge in [0, 0.05) is 35.6 Å². The average molecular weight is 409 g/mol. The summed E-state index contributed by atoms with van der Waals surface area (Å²) in [5, 5.41) is 2.93. The minimum Gasteiger partial charge on any atom is -0.486 e. The van der Waals surface area contributed by atoms with Crippen LogP contribution in [-0.4, -0.2) is 42.5 Å². The van der Waals surface area contributed by atoms with Crippen molar-refractivity contribution in [2.45, 2.75) is 38.1 Å². The molecule has 2 amide bonds. The molecule has 0 aromatic heterocycles. The third-order valence-corrected chi connectivity index (χ3v) is 5.84. The van der Waals surface area contributed by atoms with Crippen LogP contribution in [0.4, 0.5) is 5.69 Å². The van der Waals surface area contributed by atoms with Crippen molar-refractivity contribution in [3.8, 4) is 11.5 Å². The molecule has 1 unspecified atom stereocenters. The van der Waals surface area contributed by atoms with Gasteiger partial charge in [-0.05, 0) is 28.8 Å². The van der Waals surface area contributed by atoms with Gasteiger partial charge in [-0.1, -0.05) is 12.8 Å². The lowest BCUT2D eigenvalue weighted by Gasteiger charge is -2.24. The van der Waals surface area contributed by atoms with E-state index in [1.807, 2.05) is 4.90 Å². The van der Waals surface area contributed by atoms with Crippen molar-refractivity contribution in [1.82, 2.24) is 4.90 Å². The third kappa shape index (κ3) is 3.34. The number of rotatable bonds is 3. The SMILES string of the molecule is O=C(Nc1cc2c(cc1Br)OCCO2)C1CC(=O)N(C2CCCC2)C1. The van der Waals surface area contributed by atoms with E-state index in [0.717, 1.165) is 17.3 Å². The summed E-state index contributed by atoms with van der Waals surface area (Å²) in [6.45, 7) is 1.54. The average Bonchev–Trinajstić information content (AvgIpc) is 3.24. The predicted molar refractivity (Wildman–Crippen MR) is 95.8 cm³/mol. The molecule has 1 N–H and O–H groups in total. The minimum absolute atomic E-state index is 0.105. The largest absolute Gasteiger partial charge is 0.486 e. The van der Waals surface area contributed by atoms with Gasteiger partial charge in [0.25, 0.3) is 0 Å². The van der Waals surface area contributed by atoms with Crippen LogP contribution in [0.25, 0.3) is 0 Å². The number of hydrogen-bond donors (Lipinski definition) is 1. The van der Waals surface area contributed by atoms with E-state index in [4.69, 9.17) is 9.47 Å². The fourth-order valence-corrected chi connectivity index (χ4v) is 4.29. The molecular weight excluding hydrogens is 388 g/mol. The van der Waals surface area contributed by atoms with Crippen LogP contribution in [0.1, 0.15) is 32.1 Å². The molecule has 1 atom stereocenters. The lowest BCUT2D eigenvalue weighted by atomic mass is 10.1. The number of halogens is 1. The van der Waals surface area contributed by atoms with Crippen LogP contribution in [0, 0.1) is 5.92 Å². The fraction of sp³-hybridized carbons (Fsp3) is 0.556. The molecule has 1 aliphatic carbocycles. The van der Waals surface area contributed by atoms with Gasteiger partial charge in [0.2, 0.25) is 11.8 Å². The van der Waals surface area contributed by atoms with Gasteiger partial charge in [-0.3, -0.25) is 9.59 Å². The van der Waals surface area contributed by atoms with Crippen LogP contribution >= 0.6 is 15.9 Å². The molecule has 3 aliphatic rings.